The van der Waals surface area contributed by atoms with Gasteiger partial charge in [0.25, 0.3) is 0 Å². The van der Waals surface area contributed by atoms with Gasteiger partial charge in [-0.1, -0.05) is 0 Å². The van der Waals surface area contributed by atoms with Crippen molar-refractivity contribution >= 4 is 29.0 Å². The van der Waals surface area contributed by atoms with E-state index in [1.54, 1.807) is 12.1 Å². The summed E-state index contributed by atoms with van der Waals surface area (Å²) in [5.74, 6) is 0.697. The molecular formula is C6H4ClNOS. The van der Waals surface area contributed by atoms with Crippen LogP contribution in [0.2, 0.25) is 5.22 Å². The van der Waals surface area contributed by atoms with Gasteiger partial charge in [0.05, 0.1) is 5.16 Å². The van der Waals surface area contributed by atoms with E-state index in [1.807, 2.05) is 0 Å². The minimum Gasteiger partial charge on any atom is -0.448 e. The second kappa shape index (κ2) is 3.52. The van der Waals surface area contributed by atoms with Crippen molar-refractivity contribution in [2.45, 2.75) is 6.54 Å². The lowest BCUT2D eigenvalue weighted by molar-refractivity contribution is 0.515. The highest BCUT2D eigenvalue weighted by Crippen LogP contribution is 2.13. The van der Waals surface area contributed by atoms with Gasteiger partial charge < -0.3 is 4.42 Å². The molecule has 0 N–H and O–H groups in total. The molecule has 1 aromatic rings. The summed E-state index contributed by atoms with van der Waals surface area (Å²) in [6.45, 7) is 0.413. The van der Waals surface area contributed by atoms with Gasteiger partial charge in [-0.25, -0.2) is 4.99 Å². The van der Waals surface area contributed by atoms with E-state index in [4.69, 9.17) is 16.0 Å². The molecule has 0 bridgehead atoms. The van der Waals surface area contributed by atoms with Gasteiger partial charge >= 0.3 is 0 Å². The Kier molecular flexibility index (Phi) is 2.63. The molecule has 0 radical (unpaired) electrons. The smallest absolute Gasteiger partial charge is 0.193 e. The molecule has 0 saturated heterocycles. The SMILES string of the molecule is S=C=NCc1ccc(Cl)o1. The van der Waals surface area contributed by atoms with Crippen molar-refractivity contribution < 1.29 is 4.42 Å². The maximum atomic E-state index is 5.48. The minimum atomic E-state index is 0.370. The molecule has 0 aliphatic rings. The molecule has 0 aliphatic carbocycles. The lowest BCUT2D eigenvalue weighted by Crippen LogP contribution is -1.71. The van der Waals surface area contributed by atoms with Crippen LogP contribution < -0.4 is 0 Å². The number of thiocarbonyl (C=S) groups is 1. The van der Waals surface area contributed by atoms with Crippen LogP contribution >= 0.6 is 23.8 Å². The Bertz CT molecular complexity index is 264. The summed E-state index contributed by atoms with van der Waals surface area (Å²) in [7, 11) is 0. The van der Waals surface area contributed by atoms with E-state index in [9.17, 15) is 0 Å². The molecule has 0 atom stereocenters. The molecule has 0 spiro atoms. The molecule has 4 heteroatoms. The summed E-state index contributed by atoms with van der Waals surface area (Å²) in [5, 5.41) is 2.60. The van der Waals surface area contributed by atoms with Gasteiger partial charge in [0.2, 0.25) is 0 Å². The second-order valence-electron chi connectivity index (χ2n) is 1.61. The molecule has 0 unspecified atom stereocenters. The molecule has 0 aromatic carbocycles. The zero-order chi connectivity index (χ0) is 7.40. The van der Waals surface area contributed by atoms with Crippen molar-refractivity contribution in [2.75, 3.05) is 0 Å². The fourth-order valence-corrected chi connectivity index (χ4v) is 0.774. The average Bonchev–Trinajstić information content (AvgIpc) is 2.31. The Labute approximate surface area is 68.5 Å². The van der Waals surface area contributed by atoms with Crippen LogP contribution in [-0.2, 0) is 6.54 Å². The monoisotopic (exact) mass is 173 g/mol. The summed E-state index contributed by atoms with van der Waals surface area (Å²) in [6.07, 6.45) is 0. The van der Waals surface area contributed by atoms with Crippen molar-refractivity contribution in [3.8, 4) is 0 Å². The number of hydrogen-bond donors (Lipinski definition) is 0. The number of hydrogen-bond acceptors (Lipinski definition) is 3. The van der Waals surface area contributed by atoms with Gasteiger partial charge in [0.15, 0.2) is 5.22 Å². The second-order valence-corrected chi connectivity index (χ2v) is 2.17. The quantitative estimate of drug-likeness (QED) is 0.507. The Morgan fingerprint density at radius 2 is 2.50 bits per heavy atom. The summed E-state index contributed by atoms with van der Waals surface area (Å²) in [5.41, 5.74) is 0. The van der Waals surface area contributed by atoms with Gasteiger partial charge in [0.1, 0.15) is 12.3 Å². The predicted molar refractivity (Wildman–Crippen MR) is 42.4 cm³/mol. The highest BCUT2D eigenvalue weighted by atomic mass is 35.5. The third kappa shape index (κ3) is 1.95. The first kappa shape index (κ1) is 7.48. The zero-order valence-electron chi connectivity index (χ0n) is 5.00. The van der Waals surface area contributed by atoms with E-state index in [-0.39, 0.29) is 0 Å². The van der Waals surface area contributed by atoms with Crippen molar-refractivity contribution in [1.29, 1.82) is 0 Å². The highest BCUT2D eigenvalue weighted by Gasteiger charge is 1.95. The fourth-order valence-electron chi connectivity index (χ4n) is 0.547. The van der Waals surface area contributed by atoms with Gasteiger partial charge in [-0.15, -0.1) is 0 Å². The molecule has 10 heavy (non-hydrogen) atoms. The average molecular weight is 174 g/mol. The van der Waals surface area contributed by atoms with Gasteiger partial charge in [-0.05, 0) is 36.0 Å². The van der Waals surface area contributed by atoms with Crippen molar-refractivity contribution in [3.05, 3.63) is 23.1 Å². The molecule has 0 saturated carbocycles. The van der Waals surface area contributed by atoms with E-state index >= 15 is 0 Å². The van der Waals surface area contributed by atoms with Crippen LogP contribution in [-0.4, -0.2) is 5.16 Å². The van der Waals surface area contributed by atoms with E-state index in [0.29, 0.717) is 17.5 Å². The maximum absolute atomic E-state index is 5.48. The first-order valence-electron chi connectivity index (χ1n) is 2.61. The lowest BCUT2D eigenvalue weighted by atomic mass is 10.5. The van der Waals surface area contributed by atoms with E-state index in [1.165, 1.54) is 0 Å². The summed E-state index contributed by atoms with van der Waals surface area (Å²) in [6, 6.07) is 3.41. The molecule has 52 valence electrons. The molecule has 0 fully saturated rings. The normalized spacial score (nSPS) is 8.90. The lowest BCUT2D eigenvalue weighted by Gasteiger charge is -1.83. The van der Waals surface area contributed by atoms with Gasteiger partial charge in [0, 0.05) is 0 Å². The van der Waals surface area contributed by atoms with Crippen LogP contribution in [0.4, 0.5) is 0 Å². The largest absolute Gasteiger partial charge is 0.448 e. The summed E-state index contributed by atoms with van der Waals surface area (Å²) >= 11 is 9.85. The predicted octanol–water partition coefficient (Wildman–Crippen LogP) is 2.54. The first-order chi connectivity index (χ1) is 4.83. The number of rotatable bonds is 2. The molecule has 1 rings (SSSR count). The number of halogens is 1. The van der Waals surface area contributed by atoms with E-state index in [0.717, 1.165) is 0 Å². The van der Waals surface area contributed by atoms with Crippen molar-refractivity contribution in [3.63, 3.8) is 0 Å². The molecular weight excluding hydrogens is 170 g/mol. The topological polar surface area (TPSA) is 25.5 Å². The van der Waals surface area contributed by atoms with Gasteiger partial charge in [-0.2, -0.15) is 0 Å². The van der Waals surface area contributed by atoms with Crippen LogP contribution in [0.1, 0.15) is 5.76 Å². The Balaban J connectivity index is 2.66. The number of isothiocyanates is 1. The van der Waals surface area contributed by atoms with Crippen molar-refractivity contribution in [2.24, 2.45) is 4.99 Å². The Morgan fingerprint density at radius 1 is 1.70 bits per heavy atom. The van der Waals surface area contributed by atoms with Crippen LogP contribution in [0.3, 0.4) is 0 Å². The fraction of sp³-hybridized carbons (Fsp3) is 0.167. The molecule has 0 aliphatic heterocycles. The van der Waals surface area contributed by atoms with Crippen LogP contribution in [0.15, 0.2) is 21.5 Å². The minimum absolute atomic E-state index is 0.370. The van der Waals surface area contributed by atoms with Crippen LogP contribution in [0, 0.1) is 0 Å². The first-order valence-corrected chi connectivity index (χ1v) is 3.39. The number of aliphatic imine (C=N–C) groups is 1. The summed E-state index contributed by atoms with van der Waals surface area (Å²) in [4.78, 5) is 3.67. The zero-order valence-corrected chi connectivity index (χ0v) is 6.58. The Hall–Kier alpha value is -0.630. The maximum Gasteiger partial charge on any atom is 0.193 e. The molecule has 2 nitrogen and oxygen atoms in total. The van der Waals surface area contributed by atoms with Crippen LogP contribution in [0.25, 0.3) is 0 Å². The van der Waals surface area contributed by atoms with E-state index < -0.39 is 0 Å². The Morgan fingerprint density at radius 3 is 3.00 bits per heavy atom. The molecule has 1 aromatic heterocycles. The van der Waals surface area contributed by atoms with Crippen molar-refractivity contribution in [1.82, 2.24) is 0 Å². The third-order valence-electron chi connectivity index (χ3n) is 0.928. The van der Waals surface area contributed by atoms with Gasteiger partial charge in [-0.3, -0.25) is 0 Å². The molecule has 1 heterocycles. The number of furan rings is 1. The molecule has 0 amide bonds. The standard InChI is InChI=1S/C6H4ClNOS/c7-6-2-1-5(9-6)3-8-4-10/h1-2H,3H2. The third-order valence-corrected chi connectivity index (χ3v) is 1.26. The van der Waals surface area contributed by atoms with E-state index in [2.05, 4.69) is 22.4 Å². The number of nitrogens with zero attached hydrogens (tertiary/aromatic N) is 1. The highest BCUT2D eigenvalue weighted by molar-refractivity contribution is 7.78. The van der Waals surface area contributed by atoms with Crippen LogP contribution in [0.5, 0.6) is 0 Å². The summed E-state index contributed by atoms with van der Waals surface area (Å²) < 4.78 is 4.97.